The molecule has 2 fully saturated rings. The van der Waals surface area contributed by atoms with E-state index in [0.29, 0.717) is 11.2 Å². The maximum Gasteiger partial charge on any atom is 0.315 e. The Bertz CT molecular complexity index is 987. The predicted octanol–water partition coefficient (Wildman–Crippen LogP) is 3.47. The molecule has 28 heavy (non-hydrogen) atoms. The third kappa shape index (κ3) is 3.31. The van der Waals surface area contributed by atoms with Crippen molar-refractivity contribution in [2.75, 3.05) is 19.6 Å². The van der Waals surface area contributed by atoms with Gasteiger partial charge in [0.25, 0.3) is 5.19 Å². The maximum atomic E-state index is 11.4. The first-order chi connectivity index (χ1) is 13.7. The second-order valence-electron chi connectivity index (χ2n) is 7.48. The van der Waals surface area contributed by atoms with E-state index >= 15 is 0 Å². The Labute approximate surface area is 167 Å². The molecule has 2 N–H and O–H groups in total. The fourth-order valence-corrected chi connectivity index (χ4v) is 5.16. The molecule has 0 radical (unpaired) electrons. The zero-order valence-corrected chi connectivity index (χ0v) is 16.3. The van der Waals surface area contributed by atoms with Crippen LogP contribution in [0.5, 0.6) is 10.9 Å². The normalized spacial score (nSPS) is 21.5. The van der Waals surface area contributed by atoms with Crippen molar-refractivity contribution in [2.24, 2.45) is 5.73 Å². The Hall–Kier alpha value is -2.64. The number of thiazole rings is 1. The van der Waals surface area contributed by atoms with Crippen molar-refractivity contribution in [3.63, 3.8) is 0 Å². The van der Waals surface area contributed by atoms with E-state index in [1.54, 1.807) is 11.3 Å². The van der Waals surface area contributed by atoms with Crippen molar-refractivity contribution in [3.8, 4) is 10.9 Å². The predicted molar refractivity (Wildman–Crippen MR) is 110 cm³/mol. The van der Waals surface area contributed by atoms with Crippen molar-refractivity contribution in [1.29, 1.82) is 0 Å². The fourth-order valence-electron chi connectivity index (χ4n) is 4.33. The molecule has 2 amide bonds. The number of aromatic nitrogens is 1. The van der Waals surface area contributed by atoms with Crippen molar-refractivity contribution in [3.05, 3.63) is 54.1 Å². The van der Waals surface area contributed by atoms with E-state index in [0.717, 1.165) is 48.4 Å². The van der Waals surface area contributed by atoms with Crippen LogP contribution < -0.4 is 10.5 Å². The van der Waals surface area contributed by atoms with Crippen LogP contribution in [-0.4, -0.2) is 52.5 Å². The number of nitrogens with zero attached hydrogens (tertiary/aromatic N) is 3. The fraction of sp³-hybridized carbons (Fsp3) is 0.333. The molecule has 2 atom stereocenters. The molecule has 1 aromatic heterocycles. The smallest absolute Gasteiger partial charge is 0.315 e. The summed E-state index contributed by atoms with van der Waals surface area (Å²) in [5, 5.41) is 0.668. The lowest BCUT2D eigenvalue weighted by molar-refractivity contribution is 0.142. The molecule has 0 unspecified atom stereocenters. The molecule has 0 aliphatic carbocycles. The summed E-state index contributed by atoms with van der Waals surface area (Å²) >= 11 is 1.56. The molecule has 2 bridgehead atoms. The molecule has 3 heterocycles. The Morgan fingerprint density at radius 2 is 2.07 bits per heavy atom. The number of fused-ring (bicyclic) bond motifs is 3. The maximum absolute atomic E-state index is 11.4. The van der Waals surface area contributed by atoms with Gasteiger partial charge in [0.15, 0.2) is 0 Å². The summed E-state index contributed by atoms with van der Waals surface area (Å²) in [5.74, 6) is 0.819. The van der Waals surface area contributed by atoms with E-state index in [2.05, 4.69) is 28.1 Å². The van der Waals surface area contributed by atoms with E-state index in [1.165, 1.54) is 5.56 Å². The number of ether oxygens (including phenoxy) is 1. The van der Waals surface area contributed by atoms with Gasteiger partial charge in [0, 0.05) is 31.7 Å². The number of piperazine rings is 1. The van der Waals surface area contributed by atoms with Crippen LogP contribution in [0.2, 0.25) is 0 Å². The molecule has 2 aromatic carbocycles. The Kier molecular flexibility index (Phi) is 4.41. The van der Waals surface area contributed by atoms with E-state index in [1.807, 2.05) is 35.2 Å². The lowest BCUT2D eigenvalue weighted by Gasteiger charge is -2.33. The molecule has 7 heteroatoms. The lowest BCUT2D eigenvalue weighted by atomic mass is 10.1. The molecule has 2 saturated heterocycles. The molecule has 2 aliphatic rings. The van der Waals surface area contributed by atoms with Crippen molar-refractivity contribution >= 4 is 27.6 Å². The number of primary amides is 1. The first-order valence-electron chi connectivity index (χ1n) is 9.58. The van der Waals surface area contributed by atoms with Gasteiger partial charge < -0.3 is 15.4 Å². The minimum absolute atomic E-state index is 0.285. The van der Waals surface area contributed by atoms with Crippen LogP contribution in [0.3, 0.4) is 0 Å². The number of urea groups is 1. The SMILES string of the molecule is NC(=O)N1C[C@@H]2C[C@@H]1CN2CCc1cccc(Oc2nc3ccccc3s2)c1. The topological polar surface area (TPSA) is 71.7 Å². The minimum Gasteiger partial charge on any atom is -0.431 e. The van der Waals surface area contributed by atoms with E-state index in [-0.39, 0.29) is 12.1 Å². The number of carbonyl (C=O) groups excluding carboxylic acids is 1. The molecule has 6 nitrogen and oxygen atoms in total. The standard InChI is InChI=1S/C21H22N4O2S/c22-20(26)25-13-15-11-16(25)12-24(15)9-8-14-4-3-5-17(10-14)27-21-23-18-6-1-2-7-19(18)28-21/h1-7,10,15-16H,8-9,11-13H2,(H2,22,26)/t15-,16+/m0/s1. The minimum atomic E-state index is -0.285. The number of likely N-dealkylation sites (tertiary alicyclic amines) is 2. The van der Waals surface area contributed by atoms with Crippen molar-refractivity contribution < 1.29 is 9.53 Å². The largest absolute Gasteiger partial charge is 0.431 e. The van der Waals surface area contributed by atoms with Crippen LogP contribution in [0.4, 0.5) is 4.79 Å². The Balaban J connectivity index is 1.21. The zero-order chi connectivity index (χ0) is 19.1. The van der Waals surface area contributed by atoms with Crippen LogP contribution >= 0.6 is 11.3 Å². The van der Waals surface area contributed by atoms with Crippen LogP contribution in [0.15, 0.2) is 48.5 Å². The van der Waals surface area contributed by atoms with Gasteiger partial charge in [-0.2, -0.15) is 0 Å². The van der Waals surface area contributed by atoms with Gasteiger partial charge in [0.05, 0.1) is 10.2 Å². The molecule has 3 aromatic rings. The van der Waals surface area contributed by atoms with Gasteiger partial charge >= 0.3 is 6.03 Å². The van der Waals surface area contributed by atoms with E-state index in [4.69, 9.17) is 10.5 Å². The van der Waals surface area contributed by atoms with Gasteiger partial charge in [-0.1, -0.05) is 35.6 Å². The molecule has 2 aliphatic heterocycles. The number of hydrogen-bond donors (Lipinski definition) is 1. The molecule has 0 saturated carbocycles. The number of nitrogens with two attached hydrogens (primary N) is 1. The number of rotatable bonds is 5. The van der Waals surface area contributed by atoms with Crippen LogP contribution in [0, 0.1) is 0 Å². The quantitative estimate of drug-likeness (QED) is 0.719. The lowest BCUT2D eigenvalue weighted by Crippen LogP contribution is -2.50. The van der Waals surface area contributed by atoms with Crippen LogP contribution in [0.1, 0.15) is 12.0 Å². The van der Waals surface area contributed by atoms with Gasteiger partial charge in [0.1, 0.15) is 5.75 Å². The molecule has 144 valence electrons. The average Bonchev–Trinajstić information content (AvgIpc) is 3.39. The number of hydrogen-bond acceptors (Lipinski definition) is 5. The monoisotopic (exact) mass is 394 g/mol. The number of para-hydroxylation sites is 1. The van der Waals surface area contributed by atoms with Crippen molar-refractivity contribution in [1.82, 2.24) is 14.8 Å². The molecule has 5 rings (SSSR count). The third-order valence-corrected chi connectivity index (χ3v) is 6.62. The van der Waals surface area contributed by atoms with Crippen molar-refractivity contribution in [2.45, 2.75) is 24.9 Å². The highest BCUT2D eigenvalue weighted by Crippen LogP contribution is 2.32. The van der Waals surface area contributed by atoms with E-state index < -0.39 is 0 Å². The summed E-state index contributed by atoms with van der Waals surface area (Å²) < 4.78 is 7.13. The van der Waals surface area contributed by atoms with Gasteiger partial charge in [-0.05, 0) is 42.7 Å². The highest BCUT2D eigenvalue weighted by molar-refractivity contribution is 7.20. The second-order valence-corrected chi connectivity index (χ2v) is 8.47. The van der Waals surface area contributed by atoms with Gasteiger partial charge in [0.2, 0.25) is 0 Å². The van der Waals surface area contributed by atoms with Crippen LogP contribution in [-0.2, 0) is 6.42 Å². The summed E-state index contributed by atoms with van der Waals surface area (Å²) in [5.41, 5.74) is 7.66. The van der Waals surface area contributed by atoms with E-state index in [9.17, 15) is 4.79 Å². The summed E-state index contributed by atoms with van der Waals surface area (Å²) in [6.07, 6.45) is 2.00. The Morgan fingerprint density at radius 1 is 1.18 bits per heavy atom. The first-order valence-corrected chi connectivity index (χ1v) is 10.4. The second kappa shape index (κ2) is 7.07. The number of amides is 2. The van der Waals surface area contributed by atoms with Crippen LogP contribution in [0.25, 0.3) is 10.2 Å². The van der Waals surface area contributed by atoms with Gasteiger partial charge in [-0.15, -0.1) is 0 Å². The molecular weight excluding hydrogens is 372 g/mol. The Morgan fingerprint density at radius 3 is 2.86 bits per heavy atom. The summed E-state index contributed by atoms with van der Waals surface area (Å²) in [6.45, 7) is 2.68. The highest BCUT2D eigenvalue weighted by atomic mass is 32.1. The van der Waals surface area contributed by atoms with Gasteiger partial charge in [-0.25, -0.2) is 9.78 Å². The molecule has 0 spiro atoms. The first kappa shape index (κ1) is 17.5. The molecular formula is C21H22N4O2S. The summed E-state index contributed by atoms with van der Waals surface area (Å²) in [7, 11) is 0. The number of benzene rings is 2. The average molecular weight is 395 g/mol. The summed E-state index contributed by atoms with van der Waals surface area (Å²) in [6, 6.07) is 16.7. The number of carbonyl (C=O) groups is 1. The summed E-state index contributed by atoms with van der Waals surface area (Å²) in [4.78, 5) is 20.3. The third-order valence-electron chi connectivity index (χ3n) is 5.70. The highest BCUT2D eigenvalue weighted by Gasteiger charge is 2.44. The zero-order valence-electron chi connectivity index (χ0n) is 15.5. The van der Waals surface area contributed by atoms with Gasteiger partial charge in [-0.3, -0.25) is 4.90 Å².